The Morgan fingerprint density at radius 3 is 2.57 bits per heavy atom. The Hall–Kier alpha value is -1.30. The first kappa shape index (κ1) is 16.1. The lowest BCUT2D eigenvalue weighted by Gasteiger charge is -2.04. The number of carbonyl (C=O) groups is 1. The third-order valence-electron chi connectivity index (χ3n) is 3.39. The maximum absolute atomic E-state index is 12.3. The van der Waals surface area contributed by atoms with E-state index in [4.69, 9.17) is 4.74 Å². The van der Waals surface area contributed by atoms with Gasteiger partial charge in [0.2, 0.25) is 5.78 Å². The lowest BCUT2D eigenvalue weighted by Crippen LogP contribution is -2.00. The summed E-state index contributed by atoms with van der Waals surface area (Å²) in [4.78, 5) is 12.3. The van der Waals surface area contributed by atoms with Gasteiger partial charge in [-0.2, -0.15) is 0 Å². The van der Waals surface area contributed by atoms with Gasteiger partial charge in [-0.1, -0.05) is 66.8 Å². The van der Waals surface area contributed by atoms with Crippen LogP contribution < -0.4 is 0 Å². The Morgan fingerprint density at radius 2 is 2.05 bits per heavy atom. The molecule has 0 saturated carbocycles. The molecule has 1 aliphatic heterocycles. The van der Waals surface area contributed by atoms with Crippen LogP contribution in [0.3, 0.4) is 0 Å². The fraction of sp³-hybridized carbons (Fsp3) is 0.235. The van der Waals surface area contributed by atoms with Crippen molar-refractivity contribution in [3.8, 4) is 0 Å². The number of ether oxygens (including phenoxy) is 1. The molecule has 1 aliphatic rings. The van der Waals surface area contributed by atoms with Crippen LogP contribution in [-0.2, 0) is 9.53 Å². The minimum absolute atomic E-state index is 0.0157. The van der Waals surface area contributed by atoms with Gasteiger partial charge in [-0.3, -0.25) is 4.79 Å². The highest BCUT2D eigenvalue weighted by molar-refractivity contribution is 14.1. The summed E-state index contributed by atoms with van der Waals surface area (Å²) in [5.74, 6) is 0.979. The minimum atomic E-state index is -0.0157. The van der Waals surface area contributed by atoms with Crippen LogP contribution in [0.1, 0.15) is 34.7 Å². The second kappa shape index (κ2) is 7.12. The zero-order valence-electron chi connectivity index (χ0n) is 12.4. The van der Waals surface area contributed by atoms with E-state index in [0.717, 1.165) is 24.0 Å². The van der Waals surface area contributed by atoms with Crippen molar-refractivity contribution in [2.45, 2.75) is 23.6 Å². The van der Waals surface area contributed by atoms with Gasteiger partial charge in [-0.05, 0) is 29.7 Å². The molecule has 2 nitrogen and oxygen atoms in total. The highest BCUT2D eigenvalue weighted by Crippen LogP contribution is 2.30. The molecular formula is C17H18BIO2. The first-order valence-corrected chi connectivity index (χ1v) is 8.35. The summed E-state index contributed by atoms with van der Waals surface area (Å²) in [6.07, 6.45) is 5.06. The van der Waals surface area contributed by atoms with E-state index in [0.29, 0.717) is 15.3 Å². The Kier molecular flexibility index (Phi) is 5.45. The van der Waals surface area contributed by atoms with Crippen LogP contribution in [0.5, 0.6) is 0 Å². The third-order valence-corrected chi connectivity index (χ3v) is 4.11. The molecule has 0 N–H and O–H groups in total. The molecule has 0 spiro atoms. The number of rotatable bonds is 5. The van der Waals surface area contributed by atoms with Crippen molar-refractivity contribution in [2.75, 3.05) is 0 Å². The van der Waals surface area contributed by atoms with Gasteiger partial charge in [0.25, 0.3) is 0 Å². The lowest BCUT2D eigenvalue weighted by molar-refractivity contribution is -0.113. The van der Waals surface area contributed by atoms with Crippen LogP contribution in [-0.4, -0.2) is 13.6 Å². The predicted molar refractivity (Wildman–Crippen MR) is 97.9 cm³/mol. The van der Waals surface area contributed by atoms with Gasteiger partial charge in [0.05, 0.1) is 0 Å². The SMILES string of the molecule is BC(I)c1ccc(/C=C2\OC(C=C)=C(CCC)C2=O)cc1. The van der Waals surface area contributed by atoms with E-state index >= 15 is 0 Å². The molecule has 108 valence electrons. The number of hydrogen-bond acceptors (Lipinski definition) is 2. The van der Waals surface area contributed by atoms with Gasteiger partial charge in [0.1, 0.15) is 13.6 Å². The predicted octanol–water partition coefficient (Wildman–Crippen LogP) is 3.93. The molecule has 0 saturated heterocycles. The molecule has 21 heavy (non-hydrogen) atoms. The smallest absolute Gasteiger partial charge is 0.227 e. The highest BCUT2D eigenvalue weighted by Gasteiger charge is 2.27. The van der Waals surface area contributed by atoms with E-state index in [-0.39, 0.29) is 5.78 Å². The van der Waals surface area contributed by atoms with Crippen LogP contribution in [0.25, 0.3) is 6.08 Å². The Bertz CT molecular complexity index is 612. The van der Waals surface area contributed by atoms with Gasteiger partial charge in [-0.15, -0.1) is 0 Å². The molecule has 1 unspecified atom stereocenters. The molecule has 1 aromatic carbocycles. The molecule has 0 fully saturated rings. The van der Waals surface area contributed by atoms with Crippen LogP contribution in [0, 0.1) is 0 Å². The summed E-state index contributed by atoms with van der Waals surface area (Å²) in [6.45, 7) is 5.77. The molecule has 1 aromatic rings. The van der Waals surface area contributed by atoms with E-state index in [1.807, 2.05) is 19.1 Å². The van der Waals surface area contributed by atoms with Crippen molar-refractivity contribution >= 4 is 42.3 Å². The molecule has 4 heteroatoms. The Morgan fingerprint density at radius 1 is 1.38 bits per heavy atom. The monoisotopic (exact) mass is 392 g/mol. The molecule has 0 amide bonds. The third kappa shape index (κ3) is 3.67. The van der Waals surface area contributed by atoms with Gasteiger partial charge in [-0.25, -0.2) is 0 Å². The Labute approximate surface area is 140 Å². The molecule has 0 aliphatic carbocycles. The van der Waals surface area contributed by atoms with Gasteiger partial charge >= 0.3 is 0 Å². The number of hydrogen-bond donors (Lipinski definition) is 0. The molecule has 0 aromatic heterocycles. The zero-order chi connectivity index (χ0) is 15.4. The van der Waals surface area contributed by atoms with Crippen LogP contribution in [0.2, 0.25) is 0 Å². The maximum Gasteiger partial charge on any atom is 0.227 e. The summed E-state index contributed by atoms with van der Waals surface area (Å²) in [6, 6.07) is 8.19. The first-order chi connectivity index (χ1) is 10.1. The quantitative estimate of drug-likeness (QED) is 0.329. The average molecular weight is 392 g/mol. The second-order valence-corrected chi connectivity index (χ2v) is 6.89. The zero-order valence-corrected chi connectivity index (χ0v) is 14.5. The summed E-state index contributed by atoms with van der Waals surface area (Å²) in [5.41, 5.74) is 2.98. The number of halogens is 1. The maximum atomic E-state index is 12.3. The number of allylic oxidation sites excluding steroid dienone is 2. The normalized spacial score (nSPS) is 18.0. The largest absolute Gasteiger partial charge is 0.453 e. The van der Waals surface area contributed by atoms with Gasteiger partial charge < -0.3 is 4.74 Å². The number of Topliss-reactive ketones (excluding diaryl/α,β-unsaturated/α-hetero) is 1. The van der Waals surface area contributed by atoms with Crippen LogP contribution in [0.15, 0.2) is 54.0 Å². The number of ketones is 1. The standard InChI is InChI=1S/C17H18BIO2/c1-3-5-13-14(4-2)21-15(16(13)20)10-11-6-8-12(9-7-11)17(18)19/h4,6-10,17H,2-3,5,18H2,1H3/b15-10-. The number of alkyl halides is 1. The van der Waals surface area contributed by atoms with E-state index < -0.39 is 0 Å². The molecule has 0 bridgehead atoms. The molecular weight excluding hydrogens is 374 g/mol. The van der Waals surface area contributed by atoms with E-state index in [1.165, 1.54) is 5.56 Å². The summed E-state index contributed by atoms with van der Waals surface area (Å²) >= 11 is 2.38. The number of carbonyl (C=O) groups excluding carboxylic acids is 1. The van der Waals surface area contributed by atoms with E-state index in [2.05, 4.69) is 49.1 Å². The van der Waals surface area contributed by atoms with Crippen molar-refractivity contribution in [2.24, 2.45) is 0 Å². The lowest BCUT2D eigenvalue weighted by atomic mass is 9.96. The summed E-state index contributed by atoms with van der Waals surface area (Å²) in [5, 5.41) is 0. The molecule has 1 heterocycles. The molecule has 1 atom stereocenters. The Balaban J connectivity index is 2.23. The highest BCUT2D eigenvalue weighted by atomic mass is 127. The van der Waals surface area contributed by atoms with Crippen molar-refractivity contribution in [1.82, 2.24) is 0 Å². The summed E-state index contributed by atoms with van der Waals surface area (Å²) in [7, 11) is 2.15. The van der Waals surface area contributed by atoms with Gasteiger partial charge in [0.15, 0.2) is 5.76 Å². The second-order valence-electron chi connectivity index (χ2n) is 5.02. The minimum Gasteiger partial charge on any atom is -0.453 e. The van der Waals surface area contributed by atoms with Crippen molar-refractivity contribution < 1.29 is 9.53 Å². The topological polar surface area (TPSA) is 26.3 Å². The summed E-state index contributed by atoms with van der Waals surface area (Å²) < 4.78 is 6.11. The average Bonchev–Trinajstić information content (AvgIpc) is 2.77. The molecule has 2 rings (SSSR count). The van der Waals surface area contributed by atoms with Crippen molar-refractivity contribution in [3.05, 3.63) is 65.1 Å². The number of benzene rings is 1. The van der Waals surface area contributed by atoms with Gasteiger partial charge in [0, 0.05) is 9.40 Å². The fourth-order valence-electron chi connectivity index (χ4n) is 2.24. The van der Waals surface area contributed by atoms with E-state index in [1.54, 1.807) is 12.2 Å². The van der Waals surface area contributed by atoms with Crippen LogP contribution >= 0.6 is 22.6 Å². The first-order valence-electron chi connectivity index (χ1n) is 7.10. The van der Waals surface area contributed by atoms with Crippen molar-refractivity contribution in [3.63, 3.8) is 0 Å². The fourth-order valence-corrected chi connectivity index (χ4v) is 2.66. The molecule has 0 radical (unpaired) electrons. The van der Waals surface area contributed by atoms with E-state index in [9.17, 15) is 4.79 Å². The van der Waals surface area contributed by atoms with Crippen LogP contribution in [0.4, 0.5) is 0 Å². The van der Waals surface area contributed by atoms with Crippen molar-refractivity contribution in [1.29, 1.82) is 0 Å².